The molecule has 1 aromatic carbocycles. The second-order valence-corrected chi connectivity index (χ2v) is 10.3. The van der Waals surface area contributed by atoms with Crippen molar-refractivity contribution < 1.29 is 4.74 Å². The van der Waals surface area contributed by atoms with E-state index >= 15 is 0 Å². The van der Waals surface area contributed by atoms with Gasteiger partial charge in [0, 0.05) is 34.6 Å². The zero-order chi connectivity index (χ0) is 20.1. The monoisotopic (exact) mass is 436 g/mol. The van der Waals surface area contributed by atoms with Gasteiger partial charge in [-0.25, -0.2) is 9.97 Å². The highest BCUT2D eigenvalue weighted by Crippen LogP contribution is 2.39. The SMILES string of the molecule is C[C@@H]1OC[C@@H]1N1CCCC(c2cc3c(Nc4ccc5scnc5c4)ccnc3s2)C1. The molecule has 2 saturated heterocycles. The lowest BCUT2D eigenvalue weighted by molar-refractivity contribution is -0.129. The molecule has 0 aliphatic carbocycles. The van der Waals surface area contributed by atoms with Gasteiger partial charge in [0.25, 0.3) is 0 Å². The van der Waals surface area contributed by atoms with Crippen LogP contribution in [0.4, 0.5) is 11.4 Å². The highest BCUT2D eigenvalue weighted by molar-refractivity contribution is 7.18. The number of rotatable bonds is 4. The van der Waals surface area contributed by atoms with Crippen molar-refractivity contribution in [2.75, 3.05) is 25.0 Å². The van der Waals surface area contributed by atoms with Gasteiger partial charge in [-0.1, -0.05) is 0 Å². The van der Waals surface area contributed by atoms with E-state index in [4.69, 9.17) is 4.74 Å². The number of thiazole rings is 1. The Morgan fingerprint density at radius 3 is 3.03 bits per heavy atom. The number of benzene rings is 1. The summed E-state index contributed by atoms with van der Waals surface area (Å²) in [7, 11) is 0. The van der Waals surface area contributed by atoms with E-state index in [1.807, 2.05) is 23.0 Å². The summed E-state index contributed by atoms with van der Waals surface area (Å²) in [5.41, 5.74) is 5.12. The van der Waals surface area contributed by atoms with Gasteiger partial charge in [-0.15, -0.1) is 22.7 Å². The summed E-state index contributed by atoms with van der Waals surface area (Å²) in [6, 6.07) is 11.4. The maximum atomic E-state index is 5.62. The van der Waals surface area contributed by atoms with Crippen molar-refractivity contribution in [3.63, 3.8) is 0 Å². The first-order chi connectivity index (χ1) is 14.7. The molecule has 30 heavy (non-hydrogen) atoms. The van der Waals surface area contributed by atoms with Crippen LogP contribution < -0.4 is 5.32 Å². The zero-order valence-corrected chi connectivity index (χ0v) is 18.5. The minimum absolute atomic E-state index is 0.374. The van der Waals surface area contributed by atoms with E-state index in [1.54, 1.807) is 11.3 Å². The van der Waals surface area contributed by atoms with Crippen LogP contribution >= 0.6 is 22.7 Å². The smallest absolute Gasteiger partial charge is 0.125 e. The molecule has 0 spiro atoms. The molecule has 0 bridgehead atoms. The van der Waals surface area contributed by atoms with Crippen LogP contribution in [-0.2, 0) is 4.74 Å². The predicted molar refractivity (Wildman–Crippen MR) is 125 cm³/mol. The van der Waals surface area contributed by atoms with E-state index in [1.165, 1.54) is 34.3 Å². The fraction of sp³-hybridized carbons (Fsp3) is 0.391. The summed E-state index contributed by atoms with van der Waals surface area (Å²) in [5.74, 6) is 0.588. The van der Waals surface area contributed by atoms with Crippen LogP contribution in [0, 0.1) is 0 Å². The summed E-state index contributed by atoms with van der Waals surface area (Å²) in [5, 5.41) is 4.82. The van der Waals surface area contributed by atoms with Crippen molar-refractivity contribution >= 4 is 54.5 Å². The average molecular weight is 437 g/mol. The van der Waals surface area contributed by atoms with E-state index in [9.17, 15) is 0 Å². The number of hydrogen-bond donors (Lipinski definition) is 1. The molecule has 6 rings (SSSR count). The molecule has 0 radical (unpaired) electrons. The molecule has 4 aromatic rings. The van der Waals surface area contributed by atoms with Gasteiger partial charge < -0.3 is 10.1 Å². The van der Waals surface area contributed by atoms with E-state index in [0.717, 1.165) is 34.9 Å². The minimum atomic E-state index is 0.374. The van der Waals surface area contributed by atoms with Gasteiger partial charge in [-0.2, -0.15) is 0 Å². The maximum absolute atomic E-state index is 5.62. The fourth-order valence-electron chi connectivity index (χ4n) is 4.68. The Labute approximate surface area is 183 Å². The highest BCUT2D eigenvalue weighted by atomic mass is 32.1. The summed E-state index contributed by atoms with van der Waals surface area (Å²) < 4.78 is 6.83. The molecule has 3 aromatic heterocycles. The third-order valence-electron chi connectivity index (χ3n) is 6.46. The lowest BCUT2D eigenvalue weighted by atomic mass is 9.93. The Kier molecular flexibility index (Phi) is 4.71. The second-order valence-electron chi connectivity index (χ2n) is 8.33. The zero-order valence-electron chi connectivity index (χ0n) is 16.9. The fourth-order valence-corrected chi connectivity index (χ4v) is 6.49. The summed E-state index contributed by atoms with van der Waals surface area (Å²) in [4.78, 5) is 14.3. The molecule has 154 valence electrons. The third-order valence-corrected chi connectivity index (χ3v) is 8.48. The summed E-state index contributed by atoms with van der Waals surface area (Å²) in [6.45, 7) is 5.42. The minimum Gasteiger partial charge on any atom is -0.375 e. The standard InChI is InChI=1S/C23H24N4OS2/c1-14-20(12-28-14)27-8-2-3-15(11-27)22-10-17-18(6-7-24-23(17)30-22)26-16-4-5-21-19(9-16)25-13-29-21/h4-7,9-10,13-15,20H,2-3,8,11-12H2,1H3,(H,24,26)/t14-,15?,20-/m0/s1. The van der Waals surface area contributed by atoms with Gasteiger partial charge in [-0.05, 0) is 56.6 Å². The Bertz CT molecular complexity index is 1200. The molecule has 5 nitrogen and oxygen atoms in total. The number of hydrogen-bond acceptors (Lipinski definition) is 7. The molecule has 2 aliphatic heterocycles. The topological polar surface area (TPSA) is 50.3 Å². The lowest BCUT2D eigenvalue weighted by Crippen LogP contribution is -2.56. The Balaban J connectivity index is 1.28. The number of piperidine rings is 1. The average Bonchev–Trinajstić information content (AvgIpc) is 3.40. The third kappa shape index (κ3) is 3.30. The largest absolute Gasteiger partial charge is 0.375 e. The number of fused-ring (bicyclic) bond motifs is 2. The molecule has 3 atom stereocenters. The molecular weight excluding hydrogens is 412 g/mol. The molecule has 5 heterocycles. The quantitative estimate of drug-likeness (QED) is 0.450. The van der Waals surface area contributed by atoms with Crippen molar-refractivity contribution in [3.8, 4) is 0 Å². The summed E-state index contributed by atoms with van der Waals surface area (Å²) in [6.07, 6.45) is 4.80. The van der Waals surface area contributed by atoms with Crippen LogP contribution in [0.15, 0.2) is 42.0 Å². The molecule has 7 heteroatoms. The first-order valence-electron chi connectivity index (χ1n) is 10.6. The normalized spacial score (nSPS) is 24.9. The number of thiophene rings is 1. The van der Waals surface area contributed by atoms with Gasteiger partial charge in [0.2, 0.25) is 0 Å². The van der Waals surface area contributed by atoms with Crippen LogP contribution in [0.1, 0.15) is 30.6 Å². The van der Waals surface area contributed by atoms with Gasteiger partial charge in [0.05, 0.1) is 40.2 Å². The van der Waals surface area contributed by atoms with E-state index in [-0.39, 0.29) is 0 Å². The number of likely N-dealkylation sites (tertiary alicyclic amines) is 1. The van der Waals surface area contributed by atoms with Crippen molar-refractivity contribution in [1.29, 1.82) is 0 Å². The number of pyridine rings is 1. The highest BCUT2D eigenvalue weighted by Gasteiger charge is 2.36. The predicted octanol–water partition coefficient (Wildman–Crippen LogP) is 5.62. The van der Waals surface area contributed by atoms with Crippen molar-refractivity contribution in [2.24, 2.45) is 0 Å². The molecule has 2 aliphatic rings. The molecule has 2 fully saturated rings. The number of aromatic nitrogens is 2. The second kappa shape index (κ2) is 7.57. The van der Waals surface area contributed by atoms with Crippen molar-refractivity contribution in [2.45, 2.75) is 37.8 Å². The van der Waals surface area contributed by atoms with Gasteiger partial charge >= 0.3 is 0 Å². The Morgan fingerprint density at radius 1 is 1.20 bits per heavy atom. The molecule has 1 unspecified atom stereocenters. The van der Waals surface area contributed by atoms with Crippen LogP contribution in [0.3, 0.4) is 0 Å². The van der Waals surface area contributed by atoms with Crippen LogP contribution in [-0.4, -0.2) is 46.7 Å². The molecule has 0 amide bonds. The van der Waals surface area contributed by atoms with E-state index < -0.39 is 0 Å². The van der Waals surface area contributed by atoms with Crippen LogP contribution in [0.5, 0.6) is 0 Å². The Morgan fingerprint density at radius 2 is 2.17 bits per heavy atom. The molecule has 0 saturated carbocycles. The van der Waals surface area contributed by atoms with Gasteiger partial charge in [-0.3, -0.25) is 4.90 Å². The number of anilines is 2. The van der Waals surface area contributed by atoms with Gasteiger partial charge in [0.1, 0.15) is 4.83 Å². The summed E-state index contributed by atoms with van der Waals surface area (Å²) >= 11 is 3.53. The van der Waals surface area contributed by atoms with E-state index in [2.05, 4.69) is 57.4 Å². The number of ether oxygens (including phenoxy) is 1. The van der Waals surface area contributed by atoms with E-state index in [0.29, 0.717) is 18.1 Å². The van der Waals surface area contributed by atoms with Crippen molar-refractivity contribution in [3.05, 3.63) is 46.9 Å². The maximum Gasteiger partial charge on any atom is 0.125 e. The molecule has 1 N–H and O–H groups in total. The van der Waals surface area contributed by atoms with Crippen LogP contribution in [0.25, 0.3) is 20.4 Å². The number of nitrogens with one attached hydrogen (secondary N) is 1. The van der Waals surface area contributed by atoms with Crippen LogP contribution in [0.2, 0.25) is 0 Å². The lowest BCUT2D eigenvalue weighted by Gasteiger charge is -2.45. The number of nitrogens with zero attached hydrogens (tertiary/aromatic N) is 3. The molecular formula is C23H24N4OS2. The first kappa shape index (κ1) is 18.7. The van der Waals surface area contributed by atoms with Crippen molar-refractivity contribution in [1.82, 2.24) is 14.9 Å². The first-order valence-corrected chi connectivity index (χ1v) is 12.3. The Hall–Kier alpha value is -2.06. The van der Waals surface area contributed by atoms with Gasteiger partial charge in [0.15, 0.2) is 0 Å².